The van der Waals surface area contributed by atoms with Gasteiger partial charge in [-0.25, -0.2) is 0 Å². The van der Waals surface area contributed by atoms with Gasteiger partial charge in [0.1, 0.15) is 22.0 Å². The first-order valence-electron chi connectivity index (χ1n) is 15.4. The van der Waals surface area contributed by atoms with Gasteiger partial charge in [-0.05, 0) is 84.3 Å². The van der Waals surface area contributed by atoms with Crippen molar-refractivity contribution in [1.29, 1.82) is 0 Å². The minimum Gasteiger partial charge on any atom is -0.493 e. The second kappa shape index (κ2) is 18.2. The predicted octanol–water partition coefficient (Wildman–Crippen LogP) is 6.92. The first kappa shape index (κ1) is 34.8. The molecule has 0 aliphatic heterocycles. The molecular weight excluding hydrogens is 621 g/mol. The lowest BCUT2D eigenvalue weighted by atomic mass is 10.1. The lowest BCUT2D eigenvalue weighted by Gasteiger charge is -2.16. The number of pyridine rings is 2. The molecule has 4 rings (SSSR count). The van der Waals surface area contributed by atoms with Crippen LogP contribution in [0, 0.1) is 0 Å². The Labute approximate surface area is 278 Å². The molecule has 2 aromatic heterocycles. The van der Waals surface area contributed by atoms with Crippen molar-refractivity contribution in [3.8, 4) is 11.5 Å². The van der Waals surface area contributed by atoms with Gasteiger partial charge in [0.25, 0.3) is 0 Å². The molecule has 0 spiro atoms. The van der Waals surface area contributed by atoms with Crippen molar-refractivity contribution in [3.63, 3.8) is 0 Å². The maximum atomic E-state index is 12.0. The van der Waals surface area contributed by atoms with Gasteiger partial charge in [-0.2, -0.15) is 0 Å². The minimum absolute atomic E-state index is 0.262. The van der Waals surface area contributed by atoms with Crippen molar-refractivity contribution >= 4 is 33.5 Å². The zero-order valence-electron chi connectivity index (χ0n) is 26.1. The Morgan fingerprint density at radius 1 is 0.609 bits per heavy atom. The van der Waals surface area contributed by atoms with E-state index in [2.05, 4.69) is 35.9 Å². The maximum absolute atomic E-state index is 12.0. The van der Waals surface area contributed by atoms with Crippen LogP contribution in [0.15, 0.2) is 85.2 Å². The van der Waals surface area contributed by atoms with Crippen LogP contribution >= 0.6 is 21.6 Å². The SMILES string of the molecule is CCc1ccc(CCOc2ccc(CC(SSC(Cc3ccc(OCCc4ccc(CC)cn4)cc3)C(=O)O)C(=O)O)cc2)nc1. The number of carboxylic acid groups (broad SMARTS) is 2. The lowest BCUT2D eigenvalue weighted by molar-refractivity contribution is -0.137. The largest absolute Gasteiger partial charge is 0.493 e. The van der Waals surface area contributed by atoms with E-state index in [1.165, 1.54) is 11.1 Å². The van der Waals surface area contributed by atoms with Gasteiger partial charge >= 0.3 is 11.9 Å². The third kappa shape index (κ3) is 11.4. The highest BCUT2D eigenvalue weighted by molar-refractivity contribution is 8.77. The second-order valence-electron chi connectivity index (χ2n) is 10.8. The van der Waals surface area contributed by atoms with Gasteiger partial charge in [0.05, 0.1) is 13.2 Å². The van der Waals surface area contributed by atoms with E-state index in [9.17, 15) is 19.8 Å². The summed E-state index contributed by atoms with van der Waals surface area (Å²) in [5.74, 6) is -0.573. The summed E-state index contributed by atoms with van der Waals surface area (Å²) in [6, 6.07) is 22.9. The van der Waals surface area contributed by atoms with Crippen LogP contribution in [0.4, 0.5) is 0 Å². The normalized spacial score (nSPS) is 12.3. The molecule has 8 nitrogen and oxygen atoms in total. The summed E-state index contributed by atoms with van der Waals surface area (Å²) in [6.07, 6.45) is 7.59. The Morgan fingerprint density at radius 3 is 1.28 bits per heavy atom. The summed E-state index contributed by atoms with van der Waals surface area (Å²) in [7, 11) is 2.16. The number of aromatic nitrogens is 2. The van der Waals surface area contributed by atoms with Crippen molar-refractivity contribution in [2.45, 2.75) is 62.9 Å². The van der Waals surface area contributed by atoms with Gasteiger partial charge in [0.2, 0.25) is 0 Å². The molecule has 2 heterocycles. The van der Waals surface area contributed by atoms with E-state index in [1.807, 2.05) is 73.1 Å². The molecule has 0 radical (unpaired) electrons. The predicted molar refractivity (Wildman–Crippen MR) is 184 cm³/mol. The molecule has 2 N–H and O–H groups in total. The number of hydrogen-bond acceptors (Lipinski definition) is 8. The number of aliphatic carboxylic acids is 2. The van der Waals surface area contributed by atoms with Crippen molar-refractivity contribution in [2.75, 3.05) is 13.2 Å². The number of aryl methyl sites for hydroxylation is 2. The molecule has 0 aliphatic rings. The third-order valence-electron chi connectivity index (χ3n) is 7.37. The van der Waals surface area contributed by atoms with Gasteiger partial charge in [-0.15, -0.1) is 0 Å². The summed E-state index contributed by atoms with van der Waals surface area (Å²) < 4.78 is 11.7. The number of nitrogens with zero attached hydrogens (tertiary/aromatic N) is 2. The number of carboxylic acids is 2. The van der Waals surface area contributed by atoms with Crippen LogP contribution in [-0.2, 0) is 48.1 Å². The summed E-state index contributed by atoms with van der Waals surface area (Å²) >= 11 is 0. The molecule has 2 aromatic carbocycles. The zero-order chi connectivity index (χ0) is 32.7. The lowest BCUT2D eigenvalue weighted by Crippen LogP contribution is -2.22. The fourth-order valence-corrected chi connectivity index (χ4v) is 7.16. The number of ether oxygens (including phenoxy) is 2. The van der Waals surface area contributed by atoms with Crippen LogP contribution in [-0.4, -0.2) is 55.8 Å². The average Bonchev–Trinajstić information content (AvgIpc) is 3.07. The van der Waals surface area contributed by atoms with E-state index in [4.69, 9.17) is 9.47 Å². The Morgan fingerprint density at radius 2 is 0.978 bits per heavy atom. The minimum atomic E-state index is -0.985. The standard InChI is InChI=1S/C36H40N2O6S2/c1-3-25-5-11-29(37-23-25)17-19-43-31-13-7-27(8-14-31)21-33(35(39)40)45-46-34(36(41)42)22-28-9-15-32(16-10-28)44-20-18-30-12-6-26(4-2)24-38-30/h5-16,23-24,33-34H,3-4,17-22H2,1-2H3,(H,39,40)(H,41,42). The fourth-order valence-electron chi connectivity index (χ4n) is 4.50. The quantitative estimate of drug-likeness (QED) is 0.103. The molecule has 0 amide bonds. The van der Waals surface area contributed by atoms with E-state index in [1.54, 1.807) is 0 Å². The second-order valence-corrected chi connectivity index (χ2v) is 13.4. The first-order chi connectivity index (χ1) is 22.3. The smallest absolute Gasteiger partial charge is 0.317 e. The molecule has 2 atom stereocenters. The Kier molecular flexibility index (Phi) is 13.8. The van der Waals surface area contributed by atoms with Crippen LogP contribution < -0.4 is 9.47 Å². The maximum Gasteiger partial charge on any atom is 0.317 e. The summed E-state index contributed by atoms with van der Waals surface area (Å²) in [6.45, 7) is 5.16. The fraction of sp³-hybridized carbons (Fsp3) is 0.333. The van der Waals surface area contributed by atoms with Gasteiger partial charge < -0.3 is 19.7 Å². The van der Waals surface area contributed by atoms with Crippen molar-refractivity contribution < 1.29 is 29.3 Å². The van der Waals surface area contributed by atoms with Crippen LogP contribution in [0.5, 0.6) is 11.5 Å². The summed E-state index contributed by atoms with van der Waals surface area (Å²) in [5, 5.41) is 18.1. The van der Waals surface area contributed by atoms with Crippen LogP contribution in [0.2, 0.25) is 0 Å². The molecule has 46 heavy (non-hydrogen) atoms. The number of benzene rings is 2. The molecule has 10 heteroatoms. The Balaban J connectivity index is 1.22. The van der Waals surface area contributed by atoms with Crippen molar-refractivity contribution in [2.24, 2.45) is 0 Å². The van der Waals surface area contributed by atoms with Crippen molar-refractivity contribution in [3.05, 3.63) is 119 Å². The molecular formula is C36H40N2O6S2. The van der Waals surface area contributed by atoms with Crippen LogP contribution in [0.25, 0.3) is 0 Å². The monoisotopic (exact) mass is 660 g/mol. The number of carbonyl (C=O) groups is 2. The highest BCUT2D eigenvalue weighted by atomic mass is 33.1. The van der Waals surface area contributed by atoms with Gasteiger partial charge in [-0.1, -0.05) is 71.8 Å². The first-order valence-corrected chi connectivity index (χ1v) is 17.7. The molecule has 0 saturated heterocycles. The van der Waals surface area contributed by atoms with Crippen LogP contribution in [0.3, 0.4) is 0 Å². The molecule has 2 unspecified atom stereocenters. The van der Waals surface area contributed by atoms with E-state index >= 15 is 0 Å². The van der Waals surface area contributed by atoms with E-state index in [-0.39, 0.29) is 12.8 Å². The van der Waals surface area contributed by atoms with E-state index in [0.717, 1.165) is 56.9 Å². The highest BCUT2D eigenvalue weighted by Crippen LogP contribution is 2.35. The number of rotatable bonds is 19. The third-order valence-corrected chi connectivity index (χ3v) is 10.4. The molecule has 4 aromatic rings. The Hall–Kier alpha value is -4.02. The van der Waals surface area contributed by atoms with Gasteiger partial charge in [0.15, 0.2) is 0 Å². The summed E-state index contributed by atoms with van der Waals surface area (Å²) in [4.78, 5) is 33.0. The topological polar surface area (TPSA) is 119 Å². The van der Waals surface area contributed by atoms with Gasteiger partial charge in [-0.3, -0.25) is 19.6 Å². The Bertz CT molecular complexity index is 1400. The molecule has 0 aliphatic carbocycles. The summed E-state index contributed by atoms with van der Waals surface area (Å²) in [5.41, 5.74) is 6.00. The zero-order valence-corrected chi connectivity index (χ0v) is 27.8. The van der Waals surface area contributed by atoms with Gasteiger partial charge in [0, 0.05) is 36.6 Å². The van der Waals surface area contributed by atoms with E-state index in [0.29, 0.717) is 37.6 Å². The van der Waals surface area contributed by atoms with Crippen molar-refractivity contribution in [1.82, 2.24) is 9.97 Å². The molecule has 0 saturated carbocycles. The average molecular weight is 661 g/mol. The molecule has 0 fully saturated rings. The highest BCUT2D eigenvalue weighted by Gasteiger charge is 2.25. The molecule has 242 valence electrons. The molecule has 0 bridgehead atoms. The van der Waals surface area contributed by atoms with Crippen LogP contribution in [0.1, 0.15) is 47.5 Å². The number of hydrogen-bond donors (Lipinski definition) is 2. The van der Waals surface area contributed by atoms with E-state index < -0.39 is 22.4 Å².